The zero-order valence-electron chi connectivity index (χ0n) is 12.2. The molecule has 20 heavy (non-hydrogen) atoms. The Morgan fingerprint density at radius 1 is 1.15 bits per heavy atom. The van der Waals surface area contributed by atoms with E-state index in [1.54, 1.807) is 7.11 Å². The van der Waals surface area contributed by atoms with Crippen LogP contribution >= 0.6 is 12.2 Å². The largest absolute Gasteiger partial charge is 0.497 e. The van der Waals surface area contributed by atoms with Gasteiger partial charge in [0.15, 0.2) is 5.11 Å². The first-order chi connectivity index (χ1) is 9.79. The third kappa shape index (κ3) is 4.67. The van der Waals surface area contributed by atoms with Crippen molar-refractivity contribution in [2.45, 2.75) is 32.1 Å². The molecule has 110 valence electrons. The Bertz CT molecular complexity index is 411. The van der Waals surface area contributed by atoms with Gasteiger partial charge in [0.1, 0.15) is 5.75 Å². The molecule has 0 atom stereocenters. The normalized spacial score (nSPS) is 15.6. The predicted octanol–water partition coefficient (Wildman–Crippen LogP) is 2.99. The number of benzene rings is 1. The third-order valence-electron chi connectivity index (χ3n) is 3.74. The molecule has 1 N–H and O–H groups in total. The first kappa shape index (κ1) is 15.1. The lowest BCUT2D eigenvalue weighted by molar-refractivity contribution is 0.414. The number of methoxy groups -OCH3 is 1. The summed E-state index contributed by atoms with van der Waals surface area (Å²) < 4.78 is 5.16. The van der Waals surface area contributed by atoms with Gasteiger partial charge >= 0.3 is 0 Å². The summed E-state index contributed by atoms with van der Waals surface area (Å²) in [6, 6.07) is 8.22. The van der Waals surface area contributed by atoms with Crippen molar-refractivity contribution in [3.8, 4) is 5.75 Å². The second kappa shape index (κ2) is 8.10. The van der Waals surface area contributed by atoms with Gasteiger partial charge in [-0.1, -0.05) is 25.0 Å². The molecule has 0 spiro atoms. The van der Waals surface area contributed by atoms with Crippen molar-refractivity contribution in [3.05, 3.63) is 29.8 Å². The first-order valence-corrected chi connectivity index (χ1v) is 7.86. The molecule has 4 heteroatoms. The minimum absolute atomic E-state index is 0.891. The molecule has 1 aliphatic rings. The van der Waals surface area contributed by atoms with Crippen molar-refractivity contribution < 1.29 is 4.74 Å². The van der Waals surface area contributed by atoms with E-state index in [2.05, 4.69) is 22.3 Å². The lowest BCUT2D eigenvalue weighted by Crippen LogP contribution is -2.41. The highest BCUT2D eigenvalue weighted by atomic mass is 32.1. The standard InChI is InChI=1S/C16H24N2OS/c1-19-15-8-6-14(7-9-15)10-11-17-16(20)18-12-4-2-3-5-13-18/h6-9H,2-5,10-13H2,1H3,(H,17,20). The Morgan fingerprint density at radius 2 is 1.80 bits per heavy atom. The van der Waals surface area contributed by atoms with Crippen LogP contribution < -0.4 is 10.1 Å². The Labute approximate surface area is 127 Å². The molecule has 2 rings (SSSR count). The van der Waals surface area contributed by atoms with Gasteiger partial charge in [-0.25, -0.2) is 0 Å². The van der Waals surface area contributed by atoms with E-state index in [-0.39, 0.29) is 0 Å². The average molecular weight is 292 g/mol. The van der Waals surface area contributed by atoms with Crippen molar-refractivity contribution in [2.24, 2.45) is 0 Å². The van der Waals surface area contributed by atoms with Gasteiger partial charge in [0.05, 0.1) is 7.11 Å². The summed E-state index contributed by atoms with van der Waals surface area (Å²) in [4.78, 5) is 2.32. The van der Waals surface area contributed by atoms with Crippen LogP contribution in [0.2, 0.25) is 0 Å². The number of nitrogens with one attached hydrogen (secondary N) is 1. The maximum atomic E-state index is 5.48. The molecular weight excluding hydrogens is 268 g/mol. The fourth-order valence-electron chi connectivity index (χ4n) is 2.49. The number of likely N-dealkylation sites (tertiary alicyclic amines) is 1. The SMILES string of the molecule is COc1ccc(CCNC(=S)N2CCCCCC2)cc1. The molecule has 0 saturated carbocycles. The summed E-state index contributed by atoms with van der Waals surface area (Å²) in [5, 5.41) is 4.30. The first-order valence-electron chi connectivity index (χ1n) is 7.45. The average Bonchev–Trinajstić information content (AvgIpc) is 2.77. The summed E-state index contributed by atoms with van der Waals surface area (Å²) in [5.74, 6) is 0.904. The maximum absolute atomic E-state index is 5.48. The van der Waals surface area contributed by atoms with E-state index in [9.17, 15) is 0 Å². The van der Waals surface area contributed by atoms with Crippen LogP contribution in [-0.2, 0) is 6.42 Å². The topological polar surface area (TPSA) is 24.5 Å². The molecule has 1 fully saturated rings. The van der Waals surface area contributed by atoms with Crippen molar-refractivity contribution in [2.75, 3.05) is 26.7 Å². The van der Waals surface area contributed by atoms with Crippen LogP contribution in [0.5, 0.6) is 5.75 Å². The van der Waals surface area contributed by atoms with E-state index in [1.165, 1.54) is 31.2 Å². The molecule has 0 amide bonds. The highest BCUT2D eigenvalue weighted by molar-refractivity contribution is 7.80. The van der Waals surface area contributed by atoms with Crippen molar-refractivity contribution in [1.29, 1.82) is 0 Å². The molecule has 1 saturated heterocycles. The van der Waals surface area contributed by atoms with E-state index in [4.69, 9.17) is 17.0 Å². The van der Waals surface area contributed by atoms with Crippen LogP contribution in [0.25, 0.3) is 0 Å². The Balaban J connectivity index is 1.72. The van der Waals surface area contributed by atoms with Crippen LogP contribution in [0.4, 0.5) is 0 Å². The summed E-state index contributed by atoms with van der Waals surface area (Å²) in [6.45, 7) is 3.10. The summed E-state index contributed by atoms with van der Waals surface area (Å²) in [7, 11) is 1.69. The summed E-state index contributed by atoms with van der Waals surface area (Å²) in [6.07, 6.45) is 6.19. The molecule has 1 aromatic rings. The van der Waals surface area contributed by atoms with Gasteiger partial charge in [0, 0.05) is 19.6 Å². The number of ether oxygens (including phenoxy) is 1. The van der Waals surface area contributed by atoms with E-state index >= 15 is 0 Å². The second-order valence-corrected chi connectivity index (χ2v) is 5.62. The number of hydrogen-bond acceptors (Lipinski definition) is 2. The smallest absolute Gasteiger partial charge is 0.168 e. The molecule has 0 radical (unpaired) electrons. The maximum Gasteiger partial charge on any atom is 0.168 e. The Morgan fingerprint density at radius 3 is 2.40 bits per heavy atom. The minimum Gasteiger partial charge on any atom is -0.497 e. The van der Waals surface area contributed by atoms with Crippen molar-refractivity contribution in [3.63, 3.8) is 0 Å². The highest BCUT2D eigenvalue weighted by Crippen LogP contribution is 2.12. The quantitative estimate of drug-likeness (QED) is 0.862. The van der Waals surface area contributed by atoms with Gasteiger partial charge in [-0.05, 0) is 49.2 Å². The highest BCUT2D eigenvalue weighted by Gasteiger charge is 2.11. The fourth-order valence-corrected chi connectivity index (χ4v) is 2.78. The van der Waals surface area contributed by atoms with Crippen LogP contribution in [-0.4, -0.2) is 36.8 Å². The van der Waals surface area contributed by atoms with E-state index < -0.39 is 0 Å². The number of thiocarbonyl (C=S) groups is 1. The molecule has 0 bridgehead atoms. The monoisotopic (exact) mass is 292 g/mol. The molecule has 0 unspecified atom stereocenters. The molecule has 0 aliphatic carbocycles. The third-order valence-corrected chi connectivity index (χ3v) is 4.14. The van der Waals surface area contributed by atoms with Crippen LogP contribution in [0.15, 0.2) is 24.3 Å². The van der Waals surface area contributed by atoms with Gasteiger partial charge in [0.2, 0.25) is 0 Å². The lowest BCUT2D eigenvalue weighted by atomic mass is 10.1. The van der Waals surface area contributed by atoms with Crippen molar-refractivity contribution >= 4 is 17.3 Å². The molecular formula is C16H24N2OS. The second-order valence-electron chi connectivity index (χ2n) is 5.23. The zero-order valence-corrected chi connectivity index (χ0v) is 13.0. The van der Waals surface area contributed by atoms with E-state index in [0.717, 1.165) is 36.9 Å². The Kier molecular flexibility index (Phi) is 6.12. The summed E-state index contributed by atoms with van der Waals surface area (Å²) >= 11 is 5.48. The summed E-state index contributed by atoms with van der Waals surface area (Å²) in [5.41, 5.74) is 1.30. The fraction of sp³-hybridized carbons (Fsp3) is 0.562. The van der Waals surface area contributed by atoms with Gasteiger partial charge < -0.3 is 15.0 Å². The Hall–Kier alpha value is -1.29. The molecule has 1 heterocycles. The number of hydrogen-bond donors (Lipinski definition) is 1. The van der Waals surface area contributed by atoms with Gasteiger partial charge in [-0.15, -0.1) is 0 Å². The van der Waals surface area contributed by atoms with Gasteiger partial charge in [0.25, 0.3) is 0 Å². The molecule has 1 aromatic carbocycles. The minimum atomic E-state index is 0.891. The van der Waals surface area contributed by atoms with Crippen molar-refractivity contribution in [1.82, 2.24) is 10.2 Å². The van der Waals surface area contributed by atoms with Crippen LogP contribution in [0.3, 0.4) is 0 Å². The van der Waals surface area contributed by atoms with Crippen LogP contribution in [0.1, 0.15) is 31.2 Å². The van der Waals surface area contributed by atoms with E-state index in [1.807, 2.05) is 12.1 Å². The van der Waals surface area contributed by atoms with E-state index in [0.29, 0.717) is 0 Å². The predicted molar refractivity (Wildman–Crippen MR) is 87.3 cm³/mol. The number of nitrogens with zero attached hydrogens (tertiary/aromatic N) is 1. The molecule has 1 aliphatic heterocycles. The zero-order chi connectivity index (χ0) is 14.2. The lowest BCUT2D eigenvalue weighted by Gasteiger charge is -2.23. The van der Waals surface area contributed by atoms with Gasteiger partial charge in [-0.2, -0.15) is 0 Å². The molecule has 0 aromatic heterocycles. The molecule has 3 nitrogen and oxygen atoms in total. The van der Waals surface area contributed by atoms with Crippen LogP contribution in [0, 0.1) is 0 Å². The number of rotatable bonds is 4. The van der Waals surface area contributed by atoms with Gasteiger partial charge in [-0.3, -0.25) is 0 Å².